The monoisotopic (exact) mass is 239 g/mol. The van der Waals surface area contributed by atoms with E-state index in [9.17, 15) is 0 Å². The van der Waals surface area contributed by atoms with Crippen molar-refractivity contribution in [3.8, 4) is 0 Å². The first-order valence-corrected chi connectivity index (χ1v) is 7.31. The minimum Gasteiger partial charge on any atom is -0.319 e. The second-order valence-corrected chi connectivity index (χ2v) is 8.17. The highest BCUT2D eigenvalue weighted by molar-refractivity contribution is 4.91. The van der Waals surface area contributed by atoms with E-state index in [-0.39, 0.29) is 0 Å². The number of nitrogens with one attached hydrogen (secondary N) is 1. The Morgan fingerprint density at radius 1 is 0.941 bits per heavy atom. The molecular weight excluding hydrogens is 206 g/mol. The van der Waals surface area contributed by atoms with E-state index < -0.39 is 0 Å². The molecule has 1 nitrogen and oxygen atoms in total. The molecule has 1 N–H and O–H groups in total. The second kappa shape index (κ2) is 5.30. The third-order valence-electron chi connectivity index (χ3n) is 4.80. The highest BCUT2D eigenvalue weighted by Crippen LogP contribution is 2.48. The Balaban J connectivity index is 2.77. The molecule has 1 aliphatic carbocycles. The normalized spacial score (nSPS) is 31.6. The summed E-state index contributed by atoms with van der Waals surface area (Å²) in [6.45, 7) is 15.7. The molecule has 0 aromatic rings. The fourth-order valence-electron chi connectivity index (χ4n) is 3.59. The van der Waals surface area contributed by atoms with Crippen molar-refractivity contribution in [2.24, 2.45) is 28.6 Å². The topological polar surface area (TPSA) is 12.0 Å². The summed E-state index contributed by atoms with van der Waals surface area (Å²) < 4.78 is 0. The Hall–Kier alpha value is -0.0400. The van der Waals surface area contributed by atoms with E-state index in [1.54, 1.807) is 0 Å². The summed E-state index contributed by atoms with van der Waals surface area (Å²) in [5, 5.41) is 3.39. The van der Waals surface area contributed by atoms with Crippen LogP contribution in [-0.4, -0.2) is 13.6 Å². The molecule has 0 amide bonds. The van der Waals surface area contributed by atoms with E-state index in [0.717, 1.165) is 17.8 Å². The van der Waals surface area contributed by atoms with Gasteiger partial charge in [0.2, 0.25) is 0 Å². The lowest BCUT2D eigenvalue weighted by Gasteiger charge is -2.47. The van der Waals surface area contributed by atoms with Crippen molar-refractivity contribution in [2.45, 2.75) is 60.8 Å². The smallest absolute Gasteiger partial charge is 0.00207 e. The first kappa shape index (κ1) is 15.0. The quantitative estimate of drug-likeness (QED) is 0.756. The Kier molecular flexibility index (Phi) is 4.68. The SMILES string of the molecule is CNCC1CCC(C(C)(C)C)CC1C(C)(C)C. The van der Waals surface area contributed by atoms with Gasteiger partial charge in [0.25, 0.3) is 0 Å². The third kappa shape index (κ3) is 3.98. The van der Waals surface area contributed by atoms with Crippen molar-refractivity contribution in [2.75, 3.05) is 13.6 Å². The summed E-state index contributed by atoms with van der Waals surface area (Å²) in [5.41, 5.74) is 0.930. The van der Waals surface area contributed by atoms with Crippen LogP contribution in [0, 0.1) is 28.6 Å². The zero-order chi connectivity index (χ0) is 13.3. The first-order valence-electron chi connectivity index (χ1n) is 7.31. The standard InChI is InChI=1S/C16H33N/c1-15(2,3)13-9-8-12(11-17-7)14(10-13)16(4,5)6/h12-14,17H,8-11H2,1-7H3. The van der Waals surface area contributed by atoms with Crippen LogP contribution in [0.25, 0.3) is 0 Å². The summed E-state index contributed by atoms with van der Waals surface area (Å²) >= 11 is 0. The molecule has 3 unspecified atom stereocenters. The second-order valence-electron chi connectivity index (χ2n) is 8.17. The van der Waals surface area contributed by atoms with E-state index in [2.05, 4.69) is 53.9 Å². The van der Waals surface area contributed by atoms with Gasteiger partial charge in [0.1, 0.15) is 0 Å². The molecule has 1 heteroatoms. The predicted octanol–water partition coefficient (Wildman–Crippen LogP) is 4.33. The molecule has 0 bridgehead atoms. The van der Waals surface area contributed by atoms with Gasteiger partial charge in [0.15, 0.2) is 0 Å². The largest absolute Gasteiger partial charge is 0.319 e. The van der Waals surface area contributed by atoms with Crippen LogP contribution < -0.4 is 5.32 Å². The van der Waals surface area contributed by atoms with Crippen molar-refractivity contribution < 1.29 is 0 Å². The van der Waals surface area contributed by atoms with Gasteiger partial charge in [-0.1, -0.05) is 41.5 Å². The van der Waals surface area contributed by atoms with E-state index in [1.807, 2.05) is 0 Å². The van der Waals surface area contributed by atoms with Gasteiger partial charge in [0.05, 0.1) is 0 Å². The van der Waals surface area contributed by atoms with Crippen molar-refractivity contribution in [3.63, 3.8) is 0 Å². The fraction of sp³-hybridized carbons (Fsp3) is 1.00. The van der Waals surface area contributed by atoms with Gasteiger partial charge in [-0.2, -0.15) is 0 Å². The van der Waals surface area contributed by atoms with Crippen molar-refractivity contribution in [1.82, 2.24) is 5.32 Å². The lowest BCUT2D eigenvalue weighted by molar-refractivity contribution is 0.0360. The maximum Gasteiger partial charge on any atom is -0.00207 e. The van der Waals surface area contributed by atoms with Crippen LogP contribution in [0.5, 0.6) is 0 Å². The minimum absolute atomic E-state index is 0.450. The predicted molar refractivity (Wildman–Crippen MR) is 77.2 cm³/mol. The zero-order valence-electron chi connectivity index (χ0n) is 13.1. The van der Waals surface area contributed by atoms with E-state index in [0.29, 0.717) is 10.8 Å². The zero-order valence-corrected chi connectivity index (χ0v) is 13.1. The minimum atomic E-state index is 0.450. The van der Waals surface area contributed by atoms with Crippen molar-refractivity contribution in [1.29, 1.82) is 0 Å². The molecular formula is C16H33N. The molecule has 1 rings (SSSR count). The van der Waals surface area contributed by atoms with Gasteiger partial charge < -0.3 is 5.32 Å². The third-order valence-corrected chi connectivity index (χ3v) is 4.80. The summed E-state index contributed by atoms with van der Waals surface area (Å²) in [6.07, 6.45) is 4.24. The molecule has 1 fully saturated rings. The lowest BCUT2D eigenvalue weighted by Crippen LogP contribution is -2.41. The van der Waals surface area contributed by atoms with Crippen LogP contribution in [0.2, 0.25) is 0 Å². The number of rotatable bonds is 2. The Morgan fingerprint density at radius 3 is 1.94 bits per heavy atom. The van der Waals surface area contributed by atoms with Crippen LogP contribution in [0.15, 0.2) is 0 Å². The maximum atomic E-state index is 3.39. The first-order chi connectivity index (χ1) is 7.66. The molecule has 0 aliphatic heterocycles. The van der Waals surface area contributed by atoms with Gasteiger partial charge in [-0.3, -0.25) is 0 Å². The van der Waals surface area contributed by atoms with Gasteiger partial charge in [-0.05, 0) is 61.4 Å². The van der Waals surface area contributed by atoms with Crippen molar-refractivity contribution >= 4 is 0 Å². The highest BCUT2D eigenvalue weighted by atomic mass is 14.8. The summed E-state index contributed by atoms with van der Waals surface area (Å²) in [7, 11) is 2.09. The molecule has 0 aromatic heterocycles. The molecule has 0 heterocycles. The molecule has 1 aliphatic rings. The van der Waals surface area contributed by atoms with Crippen LogP contribution in [-0.2, 0) is 0 Å². The summed E-state index contributed by atoms with van der Waals surface area (Å²) in [5.74, 6) is 2.64. The van der Waals surface area contributed by atoms with Crippen LogP contribution >= 0.6 is 0 Å². The van der Waals surface area contributed by atoms with Crippen LogP contribution in [0.1, 0.15) is 60.8 Å². The maximum absolute atomic E-state index is 3.39. The fourth-order valence-corrected chi connectivity index (χ4v) is 3.59. The van der Waals surface area contributed by atoms with Gasteiger partial charge in [-0.15, -0.1) is 0 Å². The van der Waals surface area contributed by atoms with Gasteiger partial charge >= 0.3 is 0 Å². The average Bonchev–Trinajstić information content (AvgIpc) is 2.15. The molecule has 3 atom stereocenters. The van der Waals surface area contributed by atoms with Crippen LogP contribution in [0.3, 0.4) is 0 Å². The highest BCUT2D eigenvalue weighted by Gasteiger charge is 2.40. The Labute approximate surface area is 109 Å². The molecule has 0 aromatic carbocycles. The van der Waals surface area contributed by atoms with Gasteiger partial charge in [-0.25, -0.2) is 0 Å². The molecule has 0 saturated heterocycles. The average molecular weight is 239 g/mol. The molecule has 102 valence electrons. The number of hydrogen-bond acceptors (Lipinski definition) is 1. The van der Waals surface area contributed by atoms with Crippen LogP contribution in [0.4, 0.5) is 0 Å². The van der Waals surface area contributed by atoms with E-state index >= 15 is 0 Å². The Morgan fingerprint density at radius 2 is 1.53 bits per heavy atom. The molecule has 0 spiro atoms. The molecule has 17 heavy (non-hydrogen) atoms. The van der Waals surface area contributed by atoms with E-state index in [1.165, 1.54) is 25.8 Å². The number of hydrogen-bond donors (Lipinski definition) is 1. The molecule has 0 radical (unpaired) electrons. The molecule has 1 saturated carbocycles. The van der Waals surface area contributed by atoms with Crippen molar-refractivity contribution in [3.05, 3.63) is 0 Å². The Bertz CT molecular complexity index is 231. The van der Waals surface area contributed by atoms with Gasteiger partial charge in [0, 0.05) is 0 Å². The lowest BCUT2D eigenvalue weighted by atomic mass is 9.59. The summed E-state index contributed by atoms with van der Waals surface area (Å²) in [4.78, 5) is 0. The summed E-state index contributed by atoms with van der Waals surface area (Å²) in [6, 6.07) is 0. The van der Waals surface area contributed by atoms with E-state index in [4.69, 9.17) is 0 Å².